The van der Waals surface area contributed by atoms with Gasteiger partial charge in [0.05, 0.1) is 7.11 Å². The normalized spacial score (nSPS) is 14.2. The molecular formula is C22H26O3. The number of ether oxygens (including phenoxy) is 2. The quantitative estimate of drug-likeness (QED) is 0.486. The Labute approximate surface area is 150 Å². The summed E-state index contributed by atoms with van der Waals surface area (Å²) in [6.07, 6.45) is 6.49. The molecule has 3 heteroatoms. The first-order chi connectivity index (χ1) is 12.2. The Morgan fingerprint density at radius 1 is 0.920 bits per heavy atom. The van der Waals surface area contributed by atoms with Crippen LogP contribution in [0.5, 0.6) is 11.5 Å². The molecule has 0 unspecified atom stereocenters. The van der Waals surface area contributed by atoms with Gasteiger partial charge in [0.25, 0.3) is 0 Å². The molecule has 2 aromatic carbocycles. The van der Waals surface area contributed by atoms with E-state index < -0.39 is 5.41 Å². The standard InChI is InChI=1S/C22H26O3/c1-3-4-5-6-11-16-22(21(23)24-2)17-12-7-9-14-19(17)25-20-15-10-8-13-18(20)22/h7-10,12-15H,3-6,11,16H2,1-2H3. The number of esters is 1. The number of carbonyl (C=O) groups is 1. The monoisotopic (exact) mass is 338 g/mol. The van der Waals surface area contributed by atoms with Crippen molar-refractivity contribution in [2.24, 2.45) is 0 Å². The molecule has 2 aromatic rings. The van der Waals surface area contributed by atoms with Crippen LogP contribution in [0.1, 0.15) is 56.6 Å². The number of hydrogen-bond acceptors (Lipinski definition) is 3. The molecular weight excluding hydrogens is 312 g/mol. The molecule has 0 bridgehead atoms. The van der Waals surface area contributed by atoms with E-state index in [4.69, 9.17) is 9.47 Å². The van der Waals surface area contributed by atoms with Gasteiger partial charge < -0.3 is 9.47 Å². The molecule has 1 heterocycles. The number of hydrogen-bond donors (Lipinski definition) is 0. The lowest BCUT2D eigenvalue weighted by Crippen LogP contribution is -2.40. The summed E-state index contributed by atoms with van der Waals surface area (Å²) < 4.78 is 11.4. The maximum Gasteiger partial charge on any atom is 0.321 e. The Bertz CT molecular complexity index is 690. The third kappa shape index (κ3) is 3.15. The van der Waals surface area contributed by atoms with Gasteiger partial charge in [-0.05, 0) is 18.6 Å². The molecule has 3 nitrogen and oxygen atoms in total. The summed E-state index contributed by atoms with van der Waals surface area (Å²) in [5.74, 6) is 1.30. The lowest BCUT2D eigenvalue weighted by Gasteiger charge is -2.38. The van der Waals surface area contributed by atoms with Gasteiger partial charge in [0.1, 0.15) is 16.9 Å². The molecule has 1 aliphatic heterocycles. The minimum Gasteiger partial charge on any atom is -0.468 e. The second-order valence-electron chi connectivity index (χ2n) is 6.66. The fourth-order valence-corrected chi connectivity index (χ4v) is 3.84. The number of carbonyl (C=O) groups excluding carboxylic acids is 1. The van der Waals surface area contributed by atoms with Crippen molar-refractivity contribution in [3.05, 3.63) is 59.7 Å². The van der Waals surface area contributed by atoms with E-state index in [1.165, 1.54) is 26.4 Å². The molecule has 25 heavy (non-hydrogen) atoms. The lowest BCUT2D eigenvalue weighted by atomic mass is 9.69. The topological polar surface area (TPSA) is 35.5 Å². The summed E-state index contributed by atoms with van der Waals surface area (Å²) in [6.45, 7) is 2.21. The van der Waals surface area contributed by atoms with Crippen molar-refractivity contribution in [2.75, 3.05) is 7.11 Å². The molecule has 0 aromatic heterocycles. The molecule has 0 aliphatic carbocycles. The first-order valence-corrected chi connectivity index (χ1v) is 9.19. The summed E-state index contributed by atoms with van der Waals surface area (Å²) in [5.41, 5.74) is 1.04. The smallest absolute Gasteiger partial charge is 0.321 e. The van der Waals surface area contributed by atoms with Crippen molar-refractivity contribution in [2.45, 2.75) is 50.9 Å². The van der Waals surface area contributed by atoms with Gasteiger partial charge in [-0.3, -0.25) is 4.79 Å². The Morgan fingerprint density at radius 2 is 1.48 bits per heavy atom. The zero-order chi connectivity index (χ0) is 17.7. The molecule has 0 spiro atoms. The number of rotatable bonds is 7. The first-order valence-electron chi connectivity index (χ1n) is 9.19. The van der Waals surface area contributed by atoms with Gasteiger partial charge in [0.15, 0.2) is 0 Å². The fourth-order valence-electron chi connectivity index (χ4n) is 3.84. The van der Waals surface area contributed by atoms with E-state index in [2.05, 4.69) is 6.92 Å². The maximum atomic E-state index is 13.1. The van der Waals surface area contributed by atoms with E-state index in [0.29, 0.717) is 0 Å². The van der Waals surface area contributed by atoms with Crippen LogP contribution in [0.15, 0.2) is 48.5 Å². The summed E-state index contributed by atoms with van der Waals surface area (Å²) in [4.78, 5) is 13.1. The van der Waals surface area contributed by atoms with Crippen LogP contribution in [0.2, 0.25) is 0 Å². The average Bonchev–Trinajstić information content (AvgIpc) is 2.66. The molecule has 1 aliphatic rings. The summed E-state index contributed by atoms with van der Waals surface area (Å²) in [7, 11) is 1.47. The zero-order valence-electron chi connectivity index (χ0n) is 15.1. The Kier molecular flexibility index (Phi) is 5.42. The van der Waals surface area contributed by atoms with Gasteiger partial charge in [0, 0.05) is 11.1 Å². The van der Waals surface area contributed by atoms with E-state index in [-0.39, 0.29) is 5.97 Å². The molecule has 132 valence electrons. The van der Waals surface area contributed by atoms with Crippen molar-refractivity contribution in [3.63, 3.8) is 0 Å². The first kappa shape index (κ1) is 17.5. The summed E-state index contributed by atoms with van der Waals surface area (Å²) >= 11 is 0. The third-order valence-electron chi connectivity index (χ3n) is 5.10. The molecule has 3 rings (SSSR count). The molecule has 0 atom stereocenters. The average molecular weight is 338 g/mol. The van der Waals surface area contributed by atoms with Crippen molar-refractivity contribution >= 4 is 5.97 Å². The zero-order valence-corrected chi connectivity index (χ0v) is 15.1. The van der Waals surface area contributed by atoms with Crippen LogP contribution in [0.3, 0.4) is 0 Å². The number of methoxy groups -OCH3 is 1. The summed E-state index contributed by atoms with van der Waals surface area (Å²) in [6, 6.07) is 15.7. The number of benzene rings is 2. The van der Waals surface area contributed by atoms with Gasteiger partial charge in [-0.15, -0.1) is 0 Å². The van der Waals surface area contributed by atoms with Gasteiger partial charge in [-0.25, -0.2) is 0 Å². The van der Waals surface area contributed by atoms with Gasteiger partial charge in [0.2, 0.25) is 0 Å². The van der Waals surface area contributed by atoms with Crippen LogP contribution in [0.25, 0.3) is 0 Å². The highest BCUT2D eigenvalue weighted by Gasteiger charge is 2.48. The second kappa shape index (κ2) is 7.73. The van der Waals surface area contributed by atoms with Crippen LogP contribution >= 0.6 is 0 Å². The van der Waals surface area contributed by atoms with Crippen molar-refractivity contribution in [1.82, 2.24) is 0 Å². The highest BCUT2D eigenvalue weighted by Crippen LogP contribution is 2.51. The minimum atomic E-state index is -0.785. The van der Waals surface area contributed by atoms with Crippen molar-refractivity contribution in [3.8, 4) is 11.5 Å². The van der Waals surface area contributed by atoms with Crippen molar-refractivity contribution < 1.29 is 14.3 Å². The van der Waals surface area contributed by atoms with E-state index in [1.54, 1.807) is 0 Å². The van der Waals surface area contributed by atoms with Crippen LogP contribution in [-0.4, -0.2) is 13.1 Å². The molecule has 0 amide bonds. The highest BCUT2D eigenvalue weighted by molar-refractivity contribution is 5.90. The van der Waals surface area contributed by atoms with Crippen LogP contribution in [-0.2, 0) is 14.9 Å². The van der Waals surface area contributed by atoms with Gasteiger partial charge >= 0.3 is 5.97 Å². The largest absolute Gasteiger partial charge is 0.468 e. The predicted octanol–water partition coefficient (Wildman–Crippen LogP) is 5.61. The molecule has 0 saturated carbocycles. The van der Waals surface area contributed by atoms with Gasteiger partial charge in [-0.2, -0.15) is 0 Å². The molecule has 0 fully saturated rings. The Balaban J connectivity index is 2.04. The predicted molar refractivity (Wildman–Crippen MR) is 99.1 cm³/mol. The summed E-state index contributed by atoms with van der Waals surface area (Å²) in [5, 5.41) is 0. The van der Waals surface area contributed by atoms with E-state index in [9.17, 15) is 4.79 Å². The fraction of sp³-hybridized carbons (Fsp3) is 0.409. The maximum absolute atomic E-state index is 13.1. The van der Waals surface area contributed by atoms with Crippen LogP contribution in [0.4, 0.5) is 0 Å². The Hall–Kier alpha value is -2.29. The van der Waals surface area contributed by atoms with Crippen LogP contribution in [0, 0.1) is 0 Å². The lowest BCUT2D eigenvalue weighted by molar-refractivity contribution is -0.146. The number of para-hydroxylation sites is 2. The van der Waals surface area contributed by atoms with E-state index in [0.717, 1.165) is 41.9 Å². The Morgan fingerprint density at radius 3 is 2.04 bits per heavy atom. The third-order valence-corrected chi connectivity index (χ3v) is 5.10. The molecule has 0 N–H and O–H groups in total. The van der Waals surface area contributed by atoms with E-state index in [1.807, 2.05) is 48.5 Å². The van der Waals surface area contributed by atoms with Crippen molar-refractivity contribution in [1.29, 1.82) is 0 Å². The number of unbranched alkanes of at least 4 members (excludes halogenated alkanes) is 4. The second-order valence-corrected chi connectivity index (χ2v) is 6.66. The highest BCUT2D eigenvalue weighted by atomic mass is 16.5. The molecule has 0 saturated heterocycles. The number of fused-ring (bicyclic) bond motifs is 2. The minimum absolute atomic E-state index is 0.203. The molecule has 0 radical (unpaired) electrons. The SMILES string of the molecule is CCCCCCCC1(C(=O)OC)c2ccccc2Oc2ccccc21. The van der Waals surface area contributed by atoms with Gasteiger partial charge in [-0.1, -0.05) is 75.4 Å². The van der Waals surface area contributed by atoms with Crippen LogP contribution < -0.4 is 4.74 Å². The van der Waals surface area contributed by atoms with E-state index >= 15 is 0 Å².